The van der Waals surface area contributed by atoms with Crippen LogP contribution in [0.3, 0.4) is 0 Å². The molecule has 1 aromatic rings. The molecule has 0 radical (unpaired) electrons. The van der Waals surface area contributed by atoms with E-state index in [9.17, 15) is 0 Å². The van der Waals surface area contributed by atoms with Gasteiger partial charge in [0.2, 0.25) is 5.89 Å². The van der Waals surface area contributed by atoms with Crippen molar-refractivity contribution in [3.05, 3.63) is 11.7 Å². The second kappa shape index (κ2) is 2.12. The molecule has 3 rings (SSSR count). The van der Waals surface area contributed by atoms with Crippen LogP contribution in [0.4, 0.5) is 0 Å². The lowest BCUT2D eigenvalue weighted by Crippen LogP contribution is -2.38. The minimum atomic E-state index is -0.275. The van der Waals surface area contributed by atoms with E-state index >= 15 is 0 Å². The molecule has 0 spiro atoms. The van der Waals surface area contributed by atoms with Gasteiger partial charge in [0, 0.05) is 6.92 Å². The Bertz CT molecular complexity index is 348. The zero-order valence-corrected chi connectivity index (χ0v) is 7.66. The summed E-state index contributed by atoms with van der Waals surface area (Å²) in [6, 6.07) is 0. The zero-order chi connectivity index (χ0) is 9.05. The number of hydrogen-bond acceptors (Lipinski definition) is 4. The lowest BCUT2D eigenvalue weighted by molar-refractivity contribution is 0.334. The molecular weight excluding hydrogens is 166 g/mol. The summed E-state index contributed by atoms with van der Waals surface area (Å²) in [5.41, 5.74) is 6.02. The van der Waals surface area contributed by atoms with Crippen molar-refractivity contribution in [2.45, 2.75) is 31.7 Å². The molecule has 0 bridgehead atoms. The highest BCUT2D eigenvalue weighted by Gasteiger charge is 2.58. The molecule has 1 aromatic heterocycles. The molecule has 3 atom stereocenters. The van der Waals surface area contributed by atoms with Crippen molar-refractivity contribution in [1.29, 1.82) is 0 Å². The van der Waals surface area contributed by atoms with Crippen molar-refractivity contribution in [1.82, 2.24) is 10.1 Å². The largest absolute Gasteiger partial charge is 0.340 e. The molecule has 70 valence electrons. The molecule has 3 unspecified atom stereocenters. The maximum atomic E-state index is 6.29. The molecule has 13 heavy (non-hydrogen) atoms. The molecule has 2 aliphatic carbocycles. The molecule has 0 aliphatic heterocycles. The first-order valence-corrected chi connectivity index (χ1v) is 4.80. The Morgan fingerprint density at radius 1 is 1.62 bits per heavy atom. The summed E-state index contributed by atoms with van der Waals surface area (Å²) in [5, 5.41) is 3.94. The first-order valence-electron chi connectivity index (χ1n) is 4.80. The number of hydrogen-bond donors (Lipinski definition) is 1. The normalized spacial score (nSPS) is 42.0. The summed E-state index contributed by atoms with van der Waals surface area (Å²) in [7, 11) is 0. The first kappa shape index (κ1) is 7.50. The predicted molar refractivity (Wildman–Crippen MR) is 45.7 cm³/mol. The Morgan fingerprint density at radius 2 is 2.46 bits per heavy atom. The van der Waals surface area contributed by atoms with Gasteiger partial charge in [-0.2, -0.15) is 4.98 Å². The summed E-state index contributed by atoms with van der Waals surface area (Å²) < 4.78 is 4.97. The molecule has 0 amide bonds. The summed E-state index contributed by atoms with van der Waals surface area (Å²) >= 11 is 0. The van der Waals surface area contributed by atoms with Crippen molar-refractivity contribution >= 4 is 0 Å². The maximum absolute atomic E-state index is 6.29. The fraction of sp³-hybridized carbons (Fsp3) is 0.778. The van der Waals surface area contributed by atoms with E-state index in [0.717, 1.165) is 18.2 Å². The van der Waals surface area contributed by atoms with E-state index in [1.165, 1.54) is 12.8 Å². The molecule has 2 saturated carbocycles. The van der Waals surface area contributed by atoms with Gasteiger partial charge < -0.3 is 10.3 Å². The highest BCUT2D eigenvalue weighted by molar-refractivity contribution is 5.18. The van der Waals surface area contributed by atoms with Gasteiger partial charge in [-0.25, -0.2) is 0 Å². The van der Waals surface area contributed by atoms with Crippen molar-refractivity contribution in [2.75, 3.05) is 0 Å². The number of aromatic nitrogens is 2. The molecule has 0 saturated heterocycles. The summed E-state index contributed by atoms with van der Waals surface area (Å²) in [6.45, 7) is 1.80. The maximum Gasteiger partial charge on any atom is 0.223 e. The van der Waals surface area contributed by atoms with E-state index in [1.807, 2.05) is 0 Å². The highest BCUT2D eigenvalue weighted by Crippen LogP contribution is 2.59. The van der Waals surface area contributed by atoms with Crippen LogP contribution in [0.15, 0.2) is 4.52 Å². The molecular formula is C9H13N3O. The van der Waals surface area contributed by atoms with E-state index in [2.05, 4.69) is 10.1 Å². The van der Waals surface area contributed by atoms with Crippen LogP contribution in [0, 0.1) is 18.8 Å². The fourth-order valence-corrected chi connectivity index (χ4v) is 2.57. The number of nitrogens with zero attached hydrogens (tertiary/aromatic N) is 2. The lowest BCUT2D eigenvalue weighted by Gasteiger charge is -2.21. The topological polar surface area (TPSA) is 64.9 Å². The smallest absolute Gasteiger partial charge is 0.223 e. The van der Waals surface area contributed by atoms with Crippen LogP contribution in [0.25, 0.3) is 0 Å². The van der Waals surface area contributed by atoms with Gasteiger partial charge in [-0.15, -0.1) is 0 Å². The lowest BCUT2D eigenvalue weighted by atomic mass is 9.93. The van der Waals surface area contributed by atoms with Crippen molar-refractivity contribution in [3.8, 4) is 0 Å². The second-order valence-electron chi connectivity index (χ2n) is 4.32. The molecule has 4 nitrogen and oxygen atoms in total. The van der Waals surface area contributed by atoms with Crippen LogP contribution in [0.1, 0.15) is 31.0 Å². The fourth-order valence-electron chi connectivity index (χ4n) is 2.57. The van der Waals surface area contributed by atoms with Crippen LogP contribution in [0.5, 0.6) is 0 Å². The number of fused-ring (bicyclic) bond motifs is 1. The Balaban J connectivity index is 1.99. The molecule has 1 heterocycles. The molecule has 0 aromatic carbocycles. The molecule has 2 aliphatic rings. The summed E-state index contributed by atoms with van der Waals surface area (Å²) in [5.74, 6) is 2.78. The van der Waals surface area contributed by atoms with Gasteiger partial charge in [0.25, 0.3) is 0 Å². The highest BCUT2D eigenvalue weighted by atomic mass is 16.5. The van der Waals surface area contributed by atoms with Crippen LogP contribution >= 0.6 is 0 Å². The third-order valence-electron chi connectivity index (χ3n) is 3.46. The van der Waals surface area contributed by atoms with Gasteiger partial charge in [-0.3, -0.25) is 0 Å². The number of aryl methyl sites for hydroxylation is 1. The molecule has 4 heteroatoms. The second-order valence-corrected chi connectivity index (χ2v) is 4.32. The third kappa shape index (κ3) is 0.892. The van der Waals surface area contributed by atoms with Gasteiger partial charge in [0.1, 0.15) is 0 Å². The molecule has 2 N–H and O–H groups in total. The van der Waals surface area contributed by atoms with Gasteiger partial charge >= 0.3 is 0 Å². The average Bonchev–Trinajstić information content (AvgIpc) is 2.66. The van der Waals surface area contributed by atoms with Gasteiger partial charge in [0.15, 0.2) is 5.82 Å². The van der Waals surface area contributed by atoms with Crippen LogP contribution in [-0.4, -0.2) is 10.1 Å². The SMILES string of the molecule is Cc1nc(C2(N)CCC3CC32)no1. The minimum Gasteiger partial charge on any atom is -0.340 e. The van der Waals surface area contributed by atoms with E-state index in [1.54, 1.807) is 6.92 Å². The van der Waals surface area contributed by atoms with Gasteiger partial charge in [-0.05, 0) is 31.1 Å². The van der Waals surface area contributed by atoms with Crippen molar-refractivity contribution in [2.24, 2.45) is 17.6 Å². The number of rotatable bonds is 1. The van der Waals surface area contributed by atoms with Gasteiger partial charge in [-0.1, -0.05) is 5.16 Å². The van der Waals surface area contributed by atoms with Crippen molar-refractivity contribution < 1.29 is 4.52 Å². The molecule has 2 fully saturated rings. The Morgan fingerprint density at radius 3 is 2.92 bits per heavy atom. The summed E-state index contributed by atoms with van der Waals surface area (Å²) in [4.78, 5) is 4.24. The van der Waals surface area contributed by atoms with E-state index in [0.29, 0.717) is 11.8 Å². The van der Waals surface area contributed by atoms with Crippen LogP contribution < -0.4 is 5.73 Å². The Kier molecular flexibility index (Phi) is 1.22. The van der Waals surface area contributed by atoms with Gasteiger partial charge in [0.05, 0.1) is 5.54 Å². The number of nitrogens with two attached hydrogens (primary N) is 1. The van der Waals surface area contributed by atoms with E-state index in [-0.39, 0.29) is 5.54 Å². The third-order valence-corrected chi connectivity index (χ3v) is 3.46. The Hall–Kier alpha value is -0.900. The predicted octanol–water partition coefficient (Wildman–Crippen LogP) is 0.962. The average molecular weight is 179 g/mol. The van der Waals surface area contributed by atoms with Crippen LogP contribution in [0.2, 0.25) is 0 Å². The first-order chi connectivity index (χ1) is 6.20. The van der Waals surface area contributed by atoms with E-state index < -0.39 is 0 Å². The standard InChI is InChI=1S/C9H13N3O/c1-5-11-8(12-13-5)9(10)3-2-6-4-7(6)9/h6-7H,2-4,10H2,1H3. The Labute approximate surface area is 76.5 Å². The van der Waals surface area contributed by atoms with Crippen LogP contribution in [-0.2, 0) is 5.54 Å². The quantitative estimate of drug-likeness (QED) is 0.697. The zero-order valence-electron chi connectivity index (χ0n) is 7.66. The van der Waals surface area contributed by atoms with Crippen molar-refractivity contribution in [3.63, 3.8) is 0 Å². The minimum absolute atomic E-state index is 0.275. The monoisotopic (exact) mass is 179 g/mol. The summed E-state index contributed by atoms with van der Waals surface area (Å²) in [6.07, 6.45) is 3.50. The van der Waals surface area contributed by atoms with E-state index in [4.69, 9.17) is 10.3 Å².